The molecule has 0 spiro atoms. The number of carbonyl (C=O) groups is 1. The molecule has 8 nitrogen and oxygen atoms in total. The maximum absolute atomic E-state index is 13.5. The highest BCUT2D eigenvalue weighted by Crippen LogP contribution is 2.26. The minimum atomic E-state index is -4.06. The van der Waals surface area contributed by atoms with Gasteiger partial charge in [-0.2, -0.15) is 4.31 Å². The van der Waals surface area contributed by atoms with Gasteiger partial charge in [0.2, 0.25) is 15.9 Å². The smallest absolute Gasteiger partial charge is 0.243 e. The molecule has 30 heavy (non-hydrogen) atoms. The zero-order chi connectivity index (χ0) is 21.7. The lowest BCUT2D eigenvalue weighted by Gasteiger charge is -2.39. The van der Waals surface area contributed by atoms with Crippen LogP contribution in [0.25, 0.3) is 0 Å². The molecular weight excluding hydrogens is 433 g/mol. The van der Waals surface area contributed by atoms with Gasteiger partial charge in [-0.25, -0.2) is 12.8 Å². The van der Waals surface area contributed by atoms with E-state index >= 15 is 0 Å². The predicted octanol–water partition coefficient (Wildman–Crippen LogP) is 0.824. The summed E-state index contributed by atoms with van der Waals surface area (Å²) in [5, 5.41) is 2.37. The van der Waals surface area contributed by atoms with Gasteiger partial charge in [-0.1, -0.05) is 11.6 Å². The van der Waals surface area contributed by atoms with E-state index in [1.54, 1.807) is 12.4 Å². The predicted molar refractivity (Wildman–Crippen MR) is 111 cm³/mol. The number of nitrogens with one attached hydrogen (secondary N) is 1. The molecule has 0 bridgehead atoms. The van der Waals surface area contributed by atoms with E-state index in [1.165, 1.54) is 0 Å². The Balaban J connectivity index is 1.86. The molecular formula is C19H23ClFN5O3S. The van der Waals surface area contributed by atoms with Gasteiger partial charge >= 0.3 is 0 Å². The molecule has 1 saturated heterocycles. The number of nitrogens with two attached hydrogens (primary N) is 1. The van der Waals surface area contributed by atoms with Crippen molar-refractivity contribution in [3.8, 4) is 0 Å². The van der Waals surface area contributed by atoms with Crippen molar-refractivity contribution in [3.63, 3.8) is 0 Å². The van der Waals surface area contributed by atoms with Crippen LogP contribution in [0, 0.1) is 5.82 Å². The summed E-state index contributed by atoms with van der Waals surface area (Å²) in [6.07, 6.45) is 3.36. The molecule has 1 aliphatic heterocycles. The molecule has 2 aromatic rings. The van der Waals surface area contributed by atoms with Crippen LogP contribution in [0.3, 0.4) is 0 Å². The van der Waals surface area contributed by atoms with Crippen LogP contribution in [-0.4, -0.2) is 67.3 Å². The van der Waals surface area contributed by atoms with Crippen LogP contribution >= 0.6 is 11.6 Å². The first-order valence-electron chi connectivity index (χ1n) is 9.39. The number of benzene rings is 1. The molecule has 1 fully saturated rings. The van der Waals surface area contributed by atoms with E-state index in [0.717, 1.165) is 28.1 Å². The first-order valence-corrected chi connectivity index (χ1v) is 11.2. The number of halogens is 2. The summed E-state index contributed by atoms with van der Waals surface area (Å²) in [6.45, 7) is 1.75. The lowest BCUT2D eigenvalue weighted by atomic mass is 10.1. The number of amides is 1. The molecule has 1 atom stereocenters. The molecule has 1 aliphatic rings. The number of nitrogens with zero attached hydrogens (tertiary/aromatic N) is 3. The monoisotopic (exact) mass is 455 g/mol. The second-order valence-electron chi connectivity index (χ2n) is 6.88. The molecule has 3 rings (SSSR count). The highest BCUT2D eigenvalue weighted by atomic mass is 35.5. The SMILES string of the molecule is NCCNC(=O)C1CN(Cc2ccncc2)CCN1S(=O)(=O)c1ccc(F)c(Cl)c1. The van der Waals surface area contributed by atoms with Crippen molar-refractivity contribution in [2.75, 3.05) is 32.7 Å². The zero-order valence-electron chi connectivity index (χ0n) is 16.2. The van der Waals surface area contributed by atoms with Crippen molar-refractivity contribution in [1.29, 1.82) is 0 Å². The van der Waals surface area contributed by atoms with Crippen molar-refractivity contribution >= 4 is 27.5 Å². The van der Waals surface area contributed by atoms with Crippen molar-refractivity contribution < 1.29 is 17.6 Å². The third kappa shape index (κ3) is 5.13. The summed E-state index contributed by atoms with van der Waals surface area (Å²) < 4.78 is 41.1. The van der Waals surface area contributed by atoms with Crippen LogP contribution < -0.4 is 11.1 Å². The lowest BCUT2D eigenvalue weighted by Crippen LogP contribution is -2.60. The third-order valence-corrected chi connectivity index (χ3v) is 7.01. The fourth-order valence-corrected chi connectivity index (χ4v) is 5.14. The topological polar surface area (TPSA) is 109 Å². The lowest BCUT2D eigenvalue weighted by molar-refractivity contribution is -0.126. The number of aromatic nitrogens is 1. The molecule has 0 saturated carbocycles. The normalized spacial score (nSPS) is 18.3. The number of piperazine rings is 1. The maximum atomic E-state index is 13.5. The summed E-state index contributed by atoms with van der Waals surface area (Å²) in [7, 11) is -4.06. The Morgan fingerprint density at radius 1 is 1.27 bits per heavy atom. The number of sulfonamides is 1. The summed E-state index contributed by atoms with van der Waals surface area (Å²) in [6, 6.07) is 5.98. The number of hydrogen-bond donors (Lipinski definition) is 2. The number of pyridine rings is 1. The van der Waals surface area contributed by atoms with Crippen LogP contribution in [0.4, 0.5) is 4.39 Å². The van der Waals surface area contributed by atoms with E-state index in [1.807, 2.05) is 17.0 Å². The Morgan fingerprint density at radius 2 is 2.00 bits per heavy atom. The van der Waals surface area contributed by atoms with Gasteiger partial charge in [0.05, 0.1) is 9.92 Å². The summed E-state index contributed by atoms with van der Waals surface area (Å²) in [5.74, 6) is -1.15. The Kier molecular flexibility index (Phi) is 7.37. The van der Waals surface area contributed by atoms with Gasteiger partial charge in [-0.05, 0) is 35.9 Å². The van der Waals surface area contributed by atoms with Gasteiger partial charge in [0.1, 0.15) is 11.9 Å². The van der Waals surface area contributed by atoms with Crippen molar-refractivity contribution in [1.82, 2.24) is 19.5 Å². The molecule has 1 aromatic heterocycles. The first kappa shape index (κ1) is 22.6. The Bertz CT molecular complexity index is 993. The van der Waals surface area contributed by atoms with Gasteiger partial charge in [-0.15, -0.1) is 0 Å². The average molecular weight is 456 g/mol. The molecule has 3 N–H and O–H groups in total. The zero-order valence-corrected chi connectivity index (χ0v) is 17.7. The van der Waals surface area contributed by atoms with E-state index in [9.17, 15) is 17.6 Å². The Morgan fingerprint density at radius 3 is 2.67 bits per heavy atom. The quantitative estimate of drug-likeness (QED) is 0.640. The molecule has 1 aromatic carbocycles. The third-order valence-electron chi connectivity index (χ3n) is 4.81. The molecule has 11 heteroatoms. The standard InChI is InChI=1S/C19H23ClFN5O3S/c20-16-11-15(1-2-17(16)21)30(28,29)26-10-9-25(12-14-3-6-23-7-4-14)13-18(26)19(27)24-8-5-22/h1-4,6-7,11,18H,5,8-10,12-13,22H2,(H,24,27). The van der Waals surface area contributed by atoms with E-state index in [2.05, 4.69) is 10.3 Å². The van der Waals surface area contributed by atoms with Crippen LogP contribution in [0.1, 0.15) is 5.56 Å². The first-order chi connectivity index (χ1) is 14.3. The summed E-state index contributed by atoms with van der Waals surface area (Å²) in [5.41, 5.74) is 6.47. The molecule has 162 valence electrons. The van der Waals surface area contributed by atoms with Crippen molar-refractivity contribution in [3.05, 3.63) is 59.1 Å². The summed E-state index contributed by atoms with van der Waals surface area (Å²) in [4.78, 5) is 18.6. The number of hydrogen-bond acceptors (Lipinski definition) is 6. The van der Waals surface area contributed by atoms with E-state index < -0.39 is 27.8 Å². The Labute approximate surface area is 179 Å². The highest BCUT2D eigenvalue weighted by Gasteiger charge is 2.40. The van der Waals surface area contributed by atoms with Gasteiger partial charge in [-0.3, -0.25) is 14.7 Å². The average Bonchev–Trinajstić information content (AvgIpc) is 2.74. The molecule has 1 unspecified atom stereocenters. The fourth-order valence-electron chi connectivity index (χ4n) is 3.30. The van der Waals surface area contributed by atoms with E-state index in [0.29, 0.717) is 13.1 Å². The largest absolute Gasteiger partial charge is 0.353 e. The molecule has 0 aliphatic carbocycles. The van der Waals surface area contributed by atoms with Gasteiger partial charge in [0.25, 0.3) is 0 Å². The van der Waals surface area contributed by atoms with Crippen molar-refractivity contribution in [2.24, 2.45) is 5.73 Å². The molecule has 2 heterocycles. The van der Waals surface area contributed by atoms with Crippen LogP contribution in [-0.2, 0) is 21.4 Å². The second kappa shape index (κ2) is 9.80. The molecule has 0 radical (unpaired) electrons. The summed E-state index contributed by atoms with van der Waals surface area (Å²) >= 11 is 5.78. The van der Waals surface area contributed by atoms with Crippen LogP contribution in [0.15, 0.2) is 47.6 Å². The second-order valence-corrected chi connectivity index (χ2v) is 9.18. The molecule has 1 amide bonds. The fraction of sp³-hybridized carbons (Fsp3) is 0.368. The highest BCUT2D eigenvalue weighted by molar-refractivity contribution is 7.89. The van der Waals surface area contributed by atoms with Crippen LogP contribution in [0.5, 0.6) is 0 Å². The van der Waals surface area contributed by atoms with E-state index in [-0.39, 0.29) is 36.1 Å². The number of carbonyl (C=O) groups excluding carboxylic acids is 1. The maximum Gasteiger partial charge on any atom is 0.243 e. The van der Waals surface area contributed by atoms with Gasteiger partial charge in [0.15, 0.2) is 0 Å². The van der Waals surface area contributed by atoms with Crippen LogP contribution in [0.2, 0.25) is 5.02 Å². The Hall–Kier alpha value is -2.11. The number of rotatable bonds is 7. The minimum Gasteiger partial charge on any atom is -0.353 e. The van der Waals surface area contributed by atoms with E-state index in [4.69, 9.17) is 17.3 Å². The van der Waals surface area contributed by atoms with Crippen molar-refractivity contribution in [2.45, 2.75) is 17.5 Å². The van der Waals surface area contributed by atoms with Gasteiger partial charge in [0, 0.05) is 51.7 Å². The minimum absolute atomic E-state index is 0.100. The van der Waals surface area contributed by atoms with Gasteiger partial charge < -0.3 is 11.1 Å².